The lowest BCUT2D eigenvalue weighted by Crippen LogP contribution is -3.00. The first-order chi connectivity index (χ1) is 21.1. The predicted octanol–water partition coefficient (Wildman–Crippen LogP) is 3.85. The summed E-state index contributed by atoms with van der Waals surface area (Å²) in [5.41, 5.74) is 7.00. The van der Waals surface area contributed by atoms with Gasteiger partial charge in [0.25, 0.3) is 10.6 Å². The van der Waals surface area contributed by atoms with Gasteiger partial charge in [-0.05, 0) is 55.3 Å². The first-order valence-corrected chi connectivity index (χ1v) is 16.2. The predicted molar refractivity (Wildman–Crippen MR) is 184 cm³/mol. The Kier molecular flexibility index (Phi) is 10.1. The van der Waals surface area contributed by atoms with Gasteiger partial charge in [0.05, 0.1) is 10.6 Å². The third kappa shape index (κ3) is 6.13. The number of halogens is 1. The average molecular weight is 681 g/mol. The molecule has 0 saturated heterocycles. The van der Waals surface area contributed by atoms with E-state index in [0.29, 0.717) is 11.1 Å². The summed E-state index contributed by atoms with van der Waals surface area (Å²) in [7, 11) is 0. The molecular weight excluding hydrogens is 646 g/mol. The van der Waals surface area contributed by atoms with Crippen LogP contribution in [0.3, 0.4) is 0 Å². The van der Waals surface area contributed by atoms with Crippen LogP contribution >= 0.6 is 22.7 Å². The highest BCUT2D eigenvalue weighted by Crippen LogP contribution is 2.36. The number of aromatic nitrogens is 2. The largest absolute Gasteiger partial charge is 1.00 e. The van der Waals surface area contributed by atoms with E-state index < -0.39 is 0 Å². The molecule has 0 radical (unpaired) electrons. The van der Waals surface area contributed by atoms with Gasteiger partial charge >= 0.3 is 0 Å². The van der Waals surface area contributed by atoms with Gasteiger partial charge in [0, 0.05) is 36.1 Å². The second-order valence-electron chi connectivity index (χ2n) is 10.2. The number of hydrogen-bond acceptors (Lipinski definition) is 4. The Labute approximate surface area is 277 Å². The number of thiazole rings is 2. The molecule has 0 unspecified atom stereocenters. The van der Waals surface area contributed by atoms with Crippen molar-refractivity contribution in [1.82, 2.24) is 4.57 Å². The van der Waals surface area contributed by atoms with E-state index in [-0.39, 0.29) is 22.5 Å². The van der Waals surface area contributed by atoms with Gasteiger partial charge in [0.15, 0.2) is 0 Å². The third-order valence-corrected chi connectivity index (χ3v) is 9.82. The van der Waals surface area contributed by atoms with E-state index in [2.05, 4.69) is 139 Å². The van der Waals surface area contributed by atoms with E-state index in [1.165, 1.54) is 44.3 Å². The van der Waals surface area contributed by atoms with Crippen molar-refractivity contribution in [2.24, 2.45) is 0 Å². The second-order valence-corrected chi connectivity index (χ2v) is 12.2. The highest BCUT2D eigenvalue weighted by Gasteiger charge is 2.27. The Balaban J connectivity index is 0.00000384. The second kappa shape index (κ2) is 14.2. The molecule has 0 amide bonds. The molecule has 0 atom stereocenters. The number of fused-ring (bicyclic) bond motifs is 1. The highest BCUT2D eigenvalue weighted by molar-refractivity contribution is 7.16. The van der Waals surface area contributed by atoms with Crippen LogP contribution in [0.4, 0.5) is 5.69 Å². The highest BCUT2D eigenvalue weighted by atomic mass is 79.9. The van der Waals surface area contributed by atoms with E-state index >= 15 is 0 Å². The summed E-state index contributed by atoms with van der Waals surface area (Å²) in [5.74, 6) is 0. The van der Waals surface area contributed by atoms with E-state index in [4.69, 9.17) is 0 Å². The van der Waals surface area contributed by atoms with Gasteiger partial charge in [-0.2, -0.15) is 4.57 Å². The van der Waals surface area contributed by atoms with Crippen molar-refractivity contribution >= 4 is 46.1 Å². The zero-order valence-corrected chi connectivity index (χ0v) is 28.0. The zero-order chi connectivity index (χ0) is 29.8. The Morgan fingerprint density at radius 1 is 0.864 bits per heavy atom. The lowest BCUT2D eigenvalue weighted by molar-refractivity contribution is -0.679. The molecule has 6 rings (SSSR count). The van der Waals surface area contributed by atoms with Crippen LogP contribution in [0, 0.1) is 0 Å². The van der Waals surface area contributed by atoms with Crippen molar-refractivity contribution in [3.05, 3.63) is 146 Å². The van der Waals surface area contributed by atoms with E-state index in [1.54, 1.807) is 17.4 Å². The first-order valence-electron chi connectivity index (χ1n) is 14.6. The molecule has 0 spiro atoms. The molecule has 4 nitrogen and oxygen atoms in total. The van der Waals surface area contributed by atoms with Crippen molar-refractivity contribution in [3.8, 4) is 21.7 Å². The maximum atomic E-state index is 13.7. The van der Waals surface area contributed by atoms with Crippen molar-refractivity contribution in [2.45, 2.75) is 26.9 Å². The molecule has 0 N–H and O–H groups in total. The summed E-state index contributed by atoms with van der Waals surface area (Å²) in [6.07, 6.45) is 12.2. The Bertz CT molecular complexity index is 2020. The number of allylic oxidation sites excluding steroid dienone is 4. The summed E-state index contributed by atoms with van der Waals surface area (Å²) >= 11 is 3.29. The van der Waals surface area contributed by atoms with Gasteiger partial charge in [-0.3, -0.25) is 9.36 Å². The maximum absolute atomic E-state index is 13.7. The van der Waals surface area contributed by atoms with E-state index in [9.17, 15) is 4.79 Å². The molecule has 7 heteroatoms. The molecule has 3 aromatic carbocycles. The minimum absolute atomic E-state index is 0. The Morgan fingerprint density at radius 2 is 1.55 bits per heavy atom. The summed E-state index contributed by atoms with van der Waals surface area (Å²) in [5, 5.41) is 1.10. The van der Waals surface area contributed by atoms with Crippen LogP contribution in [0.1, 0.15) is 24.4 Å². The molecule has 0 fully saturated rings. The molecule has 222 valence electrons. The van der Waals surface area contributed by atoms with Gasteiger partial charge in [-0.25, -0.2) is 0 Å². The van der Waals surface area contributed by atoms with Crippen LogP contribution in [0.25, 0.3) is 39.4 Å². The van der Waals surface area contributed by atoms with Crippen molar-refractivity contribution in [2.75, 3.05) is 11.4 Å². The van der Waals surface area contributed by atoms with Crippen LogP contribution in [-0.4, -0.2) is 11.1 Å². The Morgan fingerprint density at radius 3 is 2.23 bits per heavy atom. The minimum Gasteiger partial charge on any atom is -1.00 e. The third-order valence-electron chi connectivity index (χ3n) is 7.57. The SMILES string of the molecule is C=CCn1c(=O)/c(=C/C=C2\C=CN(CC)c3ccccc32)s/c1=C\c1sc(-c2ccccc2)c(-c2ccccc2)[n+]1CC.[Br-]. The van der Waals surface area contributed by atoms with Crippen molar-refractivity contribution < 1.29 is 21.5 Å². The molecule has 2 aromatic heterocycles. The standard InChI is InChI=1S/C37H34N3OS2.BrH/c1-4-24-40-34(42-32(37(40)41)22-21-27-23-25-38(5-2)31-20-14-13-19-30(27)31)26-33-39(6-3)35(28-15-9-7-10-16-28)36(43-33)29-17-11-8-12-18-29;/h4,7-23,25-26H,1,5-6,24H2,2-3H3;1H/q+1;/p-1/b27-21+,32-22-;. The molecule has 1 aliphatic rings. The number of rotatable bonds is 8. The first kappa shape index (κ1) is 31.4. The number of para-hydroxylation sites is 1. The zero-order valence-electron chi connectivity index (χ0n) is 24.8. The molecule has 5 aromatic rings. The molecule has 3 heterocycles. The van der Waals surface area contributed by atoms with Crippen LogP contribution < -0.4 is 41.2 Å². The van der Waals surface area contributed by atoms with Gasteiger partial charge in [-0.1, -0.05) is 90.2 Å². The van der Waals surface area contributed by atoms with E-state index in [0.717, 1.165) is 28.3 Å². The number of hydrogen-bond donors (Lipinski definition) is 0. The van der Waals surface area contributed by atoms with Crippen LogP contribution in [-0.2, 0) is 13.1 Å². The molecular formula is C37H34BrN3OS2. The van der Waals surface area contributed by atoms with E-state index in [1.807, 2.05) is 10.6 Å². The topological polar surface area (TPSA) is 29.1 Å². The summed E-state index contributed by atoms with van der Waals surface area (Å²) in [6.45, 7) is 10.4. The minimum atomic E-state index is 0. The number of nitrogens with zero attached hydrogens (tertiary/aromatic N) is 3. The molecule has 44 heavy (non-hydrogen) atoms. The van der Waals surface area contributed by atoms with Gasteiger partial charge in [0.2, 0.25) is 5.69 Å². The smallest absolute Gasteiger partial charge is 0.269 e. The molecule has 0 aliphatic carbocycles. The summed E-state index contributed by atoms with van der Waals surface area (Å²) in [4.78, 5) is 17.1. The molecule has 0 saturated carbocycles. The van der Waals surface area contributed by atoms with Crippen LogP contribution in [0.2, 0.25) is 0 Å². The molecule has 0 bridgehead atoms. The summed E-state index contributed by atoms with van der Waals surface area (Å²) in [6, 6.07) is 29.5. The lowest BCUT2D eigenvalue weighted by atomic mass is 9.99. The van der Waals surface area contributed by atoms with Crippen molar-refractivity contribution in [1.29, 1.82) is 0 Å². The van der Waals surface area contributed by atoms with Crippen LogP contribution in [0.5, 0.6) is 0 Å². The quantitative estimate of drug-likeness (QED) is 0.184. The molecule has 1 aliphatic heterocycles. The lowest BCUT2D eigenvalue weighted by Gasteiger charge is -2.26. The fourth-order valence-electron chi connectivity index (χ4n) is 5.49. The maximum Gasteiger partial charge on any atom is 0.269 e. The van der Waals surface area contributed by atoms with Gasteiger partial charge < -0.3 is 21.9 Å². The fraction of sp³-hybridized carbons (Fsp3) is 0.135. The van der Waals surface area contributed by atoms with Gasteiger partial charge in [0.1, 0.15) is 16.1 Å². The fourth-order valence-corrected chi connectivity index (χ4v) is 7.85. The monoisotopic (exact) mass is 679 g/mol. The number of benzene rings is 3. The van der Waals surface area contributed by atoms with Crippen LogP contribution in [0.15, 0.2) is 121 Å². The summed E-state index contributed by atoms with van der Waals surface area (Å²) < 4.78 is 5.80. The average Bonchev–Trinajstić information content (AvgIpc) is 3.57. The van der Waals surface area contributed by atoms with Crippen molar-refractivity contribution in [3.63, 3.8) is 0 Å². The normalized spacial score (nSPS) is 14.1. The van der Waals surface area contributed by atoms with Gasteiger partial charge in [-0.15, -0.1) is 17.9 Å². The Hall–Kier alpha value is -4.04. The number of anilines is 1.